The molecule has 17 heavy (non-hydrogen) atoms. The van der Waals surface area contributed by atoms with Crippen LogP contribution in [0, 0.1) is 3.57 Å². The number of aromatic nitrogens is 1. The van der Waals surface area contributed by atoms with E-state index in [4.69, 9.17) is 10.8 Å². The Morgan fingerprint density at radius 2 is 1.94 bits per heavy atom. The highest BCUT2D eigenvalue weighted by Crippen LogP contribution is 2.29. The van der Waals surface area contributed by atoms with E-state index in [9.17, 15) is 0 Å². The molecule has 0 saturated carbocycles. The maximum absolute atomic E-state index is 5.60. The van der Waals surface area contributed by atoms with Gasteiger partial charge in [0.2, 0.25) is 0 Å². The van der Waals surface area contributed by atoms with Gasteiger partial charge in [-0.3, -0.25) is 10.8 Å². The molecule has 0 spiro atoms. The topological polar surface area (TPSA) is 50.9 Å². The van der Waals surface area contributed by atoms with Crippen LogP contribution in [-0.2, 0) is 5.41 Å². The molecule has 0 fully saturated rings. The van der Waals surface area contributed by atoms with Crippen LogP contribution in [-0.4, -0.2) is 4.98 Å². The number of hydrazine groups is 1. The summed E-state index contributed by atoms with van der Waals surface area (Å²) in [5.41, 5.74) is 5.73. The summed E-state index contributed by atoms with van der Waals surface area (Å²) in [7, 11) is 0. The van der Waals surface area contributed by atoms with Gasteiger partial charge in [-0.1, -0.05) is 20.8 Å². The van der Waals surface area contributed by atoms with E-state index in [0.717, 1.165) is 22.3 Å². The molecule has 0 aliphatic rings. The highest BCUT2D eigenvalue weighted by atomic mass is 127. The van der Waals surface area contributed by atoms with Crippen LogP contribution in [0.1, 0.15) is 26.5 Å². The number of hydrogen-bond acceptors (Lipinski definition) is 3. The van der Waals surface area contributed by atoms with Gasteiger partial charge in [-0.2, -0.15) is 0 Å². The van der Waals surface area contributed by atoms with Crippen LogP contribution in [0.5, 0.6) is 0 Å². The van der Waals surface area contributed by atoms with E-state index in [2.05, 4.69) is 60.9 Å². The summed E-state index contributed by atoms with van der Waals surface area (Å²) in [4.78, 5) is 4.70. The van der Waals surface area contributed by atoms with Gasteiger partial charge in [0.1, 0.15) is 0 Å². The van der Waals surface area contributed by atoms with E-state index >= 15 is 0 Å². The largest absolute Gasteiger partial charge is 0.323 e. The Bertz CT molecular complexity index is 558. The SMILES string of the molecule is CC(C)(C)c1cc(NN)c2cc(I)ccc2n1. The van der Waals surface area contributed by atoms with E-state index in [1.807, 2.05) is 12.1 Å². The zero-order chi connectivity index (χ0) is 12.6. The molecule has 0 unspecified atom stereocenters. The van der Waals surface area contributed by atoms with E-state index in [1.54, 1.807) is 0 Å². The summed E-state index contributed by atoms with van der Waals surface area (Å²) in [6.45, 7) is 6.44. The number of benzene rings is 1. The zero-order valence-corrected chi connectivity index (χ0v) is 12.4. The summed E-state index contributed by atoms with van der Waals surface area (Å²) in [5, 5.41) is 1.06. The van der Waals surface area contributed by atoms with Crippen LogP contribution in [0.3, 0.4) is 0 Å². The molecule has 0 bridgehead atoms. The van der Waals surface area contributed by atoms with Crippen molar-refractivity contribution in [1.29, 1.82) is 0 Å². The van der Waals surface area contributed by atoms with E-state index in [-0.39, 0.29) is 5.41 Å². The molecule has 0 atom stereocenters. The lowest BCUT2D eigenvalue weighted by atomic mass is 9.91. The molecule has 90 valence electrons. The first-order chi connectivity index (χ1) is 7.91. The maximum atomic E-state index is 5.60. The Hall–Kier alpha value is -0.880. The number of halogens is 1. The Labute approximate surface area is 115 Å². The summed E-state index contributed by atoms with van der Waals surface area (Å²) in [6.07, 6.45) is 0. The van der Waals surface area contributed by atoms with Gasteiger partial charge >= 0.3 is 0 Å². The monoisotopic (exact) mass is 341 g/mol. The molecule has 0 aliphatic carbocycles. The third-order valence-electron chi connectivity index (χ3n) is 2.69. The van der Waals surface area contributed by atoms with Gasteiger partial charge in [0.05, 0.1) is 11.2 Å². The standard InChI is InChI=1S/C13H16IN3/c1-13(2,3)12-7-11(17-15)9-6-8(14)4-5-10(9)16-12/h4-7H,15H2,1-3H3,(H,16,17). The summed E-state index contributed by atoms with van der Waals surface area (Å²) >= 11 is 2.29. The summed E-state index contributed by atoms with van der Waals surface area (Å²) in [5.74, 6) is 5.60. The second-order valence-corrected chi connectivity index (χ2v) is 6.36. The first kappa shape index (κ1) is 12.6. The van der Waals surface area contributed by atoms with Crippen molar-refractivity contribution in [3.63, 3.8) is 0 Å². The minimum Gasteiger partial charge on any atom is -0.323 e. The number of pyridine rings is 1. The minimum absolute atomic E-state index is 0.0167. The minimum atomic E-state index is 0.0167. The Morgan fingerprint density at radius 1 is 1.24 bits per heavy atom. The van der Waals surface area contributed by atoms with Crippen molar-refractivity contribution in [3.8, 4) is 0 Å². The lowest BCUT2D eigenvalue weighted by Gasteiger charge is -2.20. The van der Waals surface area contributed by atoms with Gasteiger partial charge in [-0.05, 0) is 46.9 Å². The van der Waals surface area contributed by atoms with Crippen molar-refractivity contribution in [2.24, 2.45) is 5.84 Å². The highest BCUT2D eigenvalue weighted by Gasteiger charge is 2.17. The molecule has 2 aromatic rings. The average Bonchev–Trinajstić information content (AvgIpc) is 2.26. The zero-order valence-electron chi connectivity index (χ0n) is 10.2. The molecule has 0 amide bonds. The molecular formula is C13H16IN3. The molecule has 0 saturated heterocycles. The molecule has 0 radical (unpaired) electrons. The van der Waals surface area contributed by atoms with Crippen LogP contribution in [0.25, 0.3) is 10.9 Å². The number of nitrogens with one attached hydrogen (secondary N) is 1. The van der Waals surface area contributed by atoms with Crippen molar-refractivity contribution in [2.75, 3.05) is 5.43 Å². The second kappa shape index (κ2) is 4.42. The lowest BCUT2D eigenvalue weighted by molar-refractivity contribution is 0.572. The summed E-state index contributed by atoms with van der Waals surface area (Å²) in [6, 6.07) is 8.21. The van der Waals surface area contributed by atoms with E-state index in [1.165, 1.54) is 3.57 Å². The molecule has 1 aromatic heterocycles. The second-order valence-electron chi connectivity index (χ2n) is 5.11. The molecule has 1 heterocycles. The van der Waals surface area contributed by atoms with E-state index in [0.29, 0.717) is 0 Å². The molecule has 3 nitrogen and oxygen atoms in total. The van der Waals surface area contributed by atoms with Gasteiger partial charge in [0.15, 0.2) is 0 Å². The quantitative estimate of drug-likeness (QED) is 0.475. The van der Waals surface area contributed by atoms with Crippen LogP contribution < -0.4 is 11.3 Å². The first-order valence-electron chi connectivity index (χ1n) is 5.49. The van der Waals surface area contributed by atoms with Crippen molar-refractivity contribution in [3.05, 3.63) is 33.5 Å². The van der Waals surface area contributed by atoms with E-state index < -0.39 is 0 Å². The number of anilines is 1. The fourth-order valence-electron chi connectivity index (χ4n) is 1.70. The van der Waals surface area contributed by atoms with Gasteiger partial charge in [-0.15, -0.1) is 0 Å². The number of nitrogens with two attached hydrogens (primary N) is 1. The maximum Gasteiger partial charge on any atom is 0.0727 e. The third-order valence-corrected chi connectivity index (χ3v) is 3.37. The molecular weight excluding hydrogens is 325 g/mol. The predicted octanol–water partition coefficient (Wildman–Crippen LogP) is 3.42. The van der Waals surface area contributed by atoms with Crippen LogP contribution in [0.2, 0.25) is 0 Å². The van der Waals surface area contributed by atoms with Crippen molar-refractivity contribution < 1.29 is 0 Å². The number of hydrogen-bond donors (Lipinski definition) is 2. The Kier molecular flexibility index (Phi) is 3.27. The number of fused-ring (bicyclic) bond motifs is 1. The molecule has 0 aliphatic heterocycles. The van der Waals surface area contributed by atoms with Crippen LogP contribution in [0.4, 0.5) is 5.69 Å². The van der Waals surface area contributed by atoms with Gasteiger partial charge in [0, 0.05) is 20.1 Å². The van der Waals surface area contributed by atoms with Gasteiger partial charge in [0.25, 0.3) is 0 Å². The van der Waals surface area contributed by atoms with Gasteiger partial charge < -0.3 is 5.43 Å². The Morgan fingerprint density at radius 3 is 2.53 bits per heavy atom. The Balaban J connectivity index is 2.75. The number of nitrogen functional groups attached to an aromatic ring is 1. The first-order valence-corrected chi connectivity index (χ1v) is 6.57. The lowest BCUT2D eigenvalue weighted by Crippen LogP contribution is -2.16. The third kappa shape index (κ3) is 2.52. The van der Waals surface area contributed by atoms with Crippen molar-refractivity contribution >= 4 is 39.2 Å². The smallest absolute Gasteiger partial charge is 0.0727 e. The van der Waals surface area contributed by atoms with Crippen molar-refractivity contribution in [2.45, 2.75) is 26.2 Å². The molecule has 3 N–H and O–H groups in total. The number of rotatable bonds is 1. The normalized spacial score (nSPS) is 11.8. The fraction of sp³-hybridized carbons (Fsp3) is 0.308. The molecule has 4 heteroatoms. The summed E-state index contributed by atoms with van der Waals surface area (Å²) < 4.78 is 1.18. The highest BCUT2D eigenvalue weighted by molar-refractivity contribution is 14.1. The number of nitrogens with zero attached hydrogens (tertiary/aromatic N) is 1. The van der Waals surface area contributed by atoms with Crippen LogP contribution in [0.15, 0.2) is 24.3 Å². The molecule has 1 aromatic carbocycles. The molecule has 2 rings (SSSR count). The van der Waals surface area contributed by atoms with Gasteiger partial charge in [-0.25, -0.2) is 0 Å². The van der Waals surface area contributed by atoms with Crippen LogP contribution >= 0.6 is 22.6 Å². The average molecular weight is 341 g/mol. The van der Waals surface area contributed by atoms with Crippen molar-refractivity contribution in [1.82, 2.24) is 4.98 Å². The fourth-order valence-corrected chi connectivity index (χ4v) is 2.19. The predicted molar refractivity (Wildman–Crippen MR) is 81.0 cm³/mol.